The molecule has 2 N–H and O–H groups in total. The molecule has 2 aromatic heterocycles. The van der Waals surface area contributed by atoms with E-state index in [0.717, 1.165) is 68.7 Å². The lowest BCUT2D eigenvalue weighted by Crippen LogP contribution is -2.40. The highest BCUT2D eigenvalue weighted by Gasteiger charge is 2.34. The van der Waals surface area contributed by atoms with Crippen LogP contribution in [0, 0.1) is 0 Å². The normalized spacial score (nSPS) is 20.5. The molecule has 0 unspecified atom stereocenters. The van der Waals surface area contributed by atoms with Crippen molar-refractivity contribution >= 4 is 34.1 Å². The molecule has 2 aliphatic rings. The van der Waals surface area contributed by atoms with Crippen LogP contribution in [0.2, 0.25) is 5.02 Å². The van der Waals surface area contributed by atoms with Gasteiger partial charge in [0, 0.05) is 46.5 Å². The number of rotatable bonds is 4. The molecule has 0 radical (unpaired) electrons. The molecule has 1 fully saturated rings. The Bertz CT molecular complexity index is 1260. The first kappa shape index (κ1) is 23.9. The summed E-state index contributed by atoms with van der Waals surface area (Å²) in [4.78, 5) is 16.7. The zero-order valence-corrected chi connectivity index (χ0v) is 20.1. The molecule has 2 heterocycles. The smallest absolute Gasteiger partial charge is 0.382 e. The molecule has 5 rings (SSSR count). The zero-order chi connectivity index (χ0) is 24.7. The number of carbonyl (C=O) groups excluding carboxylic acids is 1. The Morgan fingerprint density at radius 3 is 2.54 bits per heavy atom. The summed E-state index contributed by atoms with van der Waals surface area (Å²) in [6.45, 7) is 0. The third-order valence-corrected chi connectivity index (χ3v) is 7.30. The highest BCUT2D eigenvalue weighted by atomic mass is 35.5. The van der Waals surface area contributed by atoms with Crippen molar-refractivity contribution in [2.24, 2.45) is 7.05 Å². The van der Waals surface area contributed by atoms with Gasteiger partial charge in [-0.3, -0.25) is 9.48 Å². The van der Waals surface area contributed by atoms with E-state index in [0.29, 0.717) is 21.8 Å². The minimum atomic E-state index is -4.54. The number of amides is 1. The second-order valence-electron chi connectivity index (χ2n) is 9.49. The molecule has 6 nitrogen and oxygen atoms in total. The van der Waals surface area contributed by atoms with Crippen molar-refractivity contribution in [3.63, 3.8) is 0 Å². The quantitative estimate of drug-likeness (QED) is 0.479. The van der Waals surface area contributed by atoms with E-state index in [4.69, 9.17) is 11.6 Å². The Morgan fingerprint density at radius 1 is 1.09 bits per heavy atom. The van der Waals surface area contributed by atoms with Gasteiger partial charge in [-0.15, -0.1) is 0 Å². The van der Waals surface area contributed by atoms with Crippen LogP contribution in [0.3, 0.4) is 0 Å². The average molecular weight is 506 g/mol. The first-order valence-corrected chi connectivity index (χ1v) is 12.4. The van der Waals surface area contributed by atoms with Gasteiger partial charge in [0.15, 0.2) is 5.69 Å². The van der Waals surface area contributed by atoms with Crippen molar-refractivity contribution in [1.82, 2.24) is 20.1 Å². The summed E-state index contributed by atoms with van der Waals surface area (Å²) in [5, 5.41) is 11.9. The van der Waals surface area contributed by atoms with E-state index in [1.54, 1.807) is 6.07 Å². The standard InChI is InChI=1S/C25H27ClF3N5O/c1-34-21-5-3-2-4-17(21)23(33-34)24(35)31-16-9-7-15(8-10-16)30-20-13-22(25(27,28)29)32-19-11-6-14(26)12-18(19)20/h6,11-13,15-16H,2-5,7-10H2,1H3,(H,30,32)(H,31,35)/t15-,16+. The molecule has 1 amide bonds. The van der Waals surface area contributed by atoms with E-state index in [1.165, 1.54) is 12.1 Å². The fourth-order valence-corrected chi connectivity index (χ4v) is 5.45. The Kier molecular flexibility index (Phi) is 6.38. The van der Waals surface area contributed by atoms with Crippen molar-refractivity contribution in [2.75, 3.05) is 5.32 Å². The monoisotopic (exact) mass is 505 g/mol. The number of anilines is 1. The number of carbonyl (C=O) groups is 1. The van der Waals surface area contributed by atoms with Crippen LogP contribution in [0.5, 0.6) is 0 Å². The highest BCUT2D eigenvalue weighted by molar-refractivity contribution is 6.31. The summed E-state index contributed by atoms with van der Waals surface area (Å²) in [5.74, 6) is -0.134. The van der Waals surface area contributed by atoms with Crippen LogP contribution in [-0.4, -0.2) is 32.8 Å². The van der Waals surface area contributed by atoms with E-state index >= 15 is 0 Å². The largest absolute Gasteiger partial charge is 0.433 e. The number of alkyl halides is 3. The number of hydrogen-bond donors (Lipinski definition) is 2. The molecule has 2 aliphatic carbocycles. The van der Waals surface area contributed by atoms with Crippen molar-refractivity contribution in [1.29, 1.82) is 0 Å². The molecule has 0 aliphatic heterocycles. The molecular weight excluding hydrogens is 479 g/mol. The predicted molar refractivity (Wildman–Crippen MR) is 129 cm³/mol. The van der Waals surface area contributed by atoms with Gasteiger partial charge < -0.3 is 10.6 Å². The van der Waals surface area contributed by atoms with Gasteiger partial charge >= 0.3 is 6.18 Å². The maximum Gasteiger partial charge on any atom is 0.433 e. The van der Waals surface area contributed by atoms with E-state index in [1.807, 2.05) is 11.7 Å². The number of pyridine rings is 1. The molecule has 35 heavy (non-hydrogen) atoms. The summed E-state index contributed by atoms with van der Waals surface area (Å²) in [7, 11) is 1.89. The minimum Gasteiger partial charge on any atom is -0.382 e. The number of halogens is 4. The molecule has 0 spiro atoms. The number of aromatic nitrogens is 3. The lowest BCUT2D eigenvalue weighted by Gasteiger charge is -2.30. The Labute approximate surface area is 206 Å². The first-order chi connectivity index (χ1) is 16.7. The minimum absolute atomic E-state index is 0.0103. The van der Waals surface area contributed by atoms with Crippen molar-refractivity contribution in [2.45, 2.75) is 69.6 Å². The van der Waals surface area contributed by atoms with Gasteiger partial charge in [-0.1, -0.05) is 11.6 Å². The van der Waals surface area contributed by atoms with Crippen LogP contribution in [0.4, 0.5) is 18.9 Å². The molecule has 0 bridgehead atoms. The fourth-order valence-electron chi connectivity index (χ4n) is 5.27. The molecule has 0 atom stereocenters. The van der Waals surface area contributed by atoms with E-state index in [-0.39, 0.29) is 23.5 Å². The van der Waals surface area contributed by atoms with Gasteiger partial charge in [-0.05, 0) is 75.6 Å². The van der Waals surface area contributed by atoms with Gasteiger partial charge in [0.25, 0.3) is 5.91 Å². The SMILES string of the molecule is Cn1nc(C(=O)N[C@H]2CC[C@@H](Nc3cc(C(F)(F)F)nc4ccc(Cl)cc34)CC2)c2c1CCCC2. The lowest BCUT2D eigenvalue weighted by molar-refractivity contribution is -0.140. The predicted octanol–water partition coefficient (Wildman–Crippen LogP) is 5.67. The number of hydrogen-bond acceptors (Lipinski definition) is 4. The number of nitrogens with one attached hydrogen (secondary N) is 2. The molecule has 186 valence electrons. The number of nitrogens with zero attached hydrogens (tertiary/aromatic N) is 3. The molecule has 0 saturated heterocycles. The Hall–Kier alpha value is -2.81. The third kappa shape index (κ3) is 4.96. The molecule has 10 heteroatoms. The van der Waals surface area contributed by atoms with Gasteiger partial charge in [0.05, 0.1) is 5.52 Å². The van der Waals surface area contributed by atoms with E-state index in [2.05, 4.69) is 20.7 Å². The first-order valence-electron chi connectivity index (χ1n) is 12.0. The molecule has 1 aromatic carbocycles. The topological polar surface area (TPSA) is 71.8 Å². The Balaban J connectivity index is 1.26. The van der Waals surface area contributed by atoms with Gasteiger partial charge in [0.1, 0.15) is 5.69 Å². The maximum absolute atomic E-state index is 13.4. The third-order valence-electron chi connectivity index (χ3n) is 7.06. The lowest BCUT2D eigenvalue weighted by atomic mass is 9.90. The van der Waals surface area contributed by atoms with Crippen LogP contribution < -0.4 is 10.6 Å². The Morgan fingerprint density at radius 2 is 1.80 bits per heavy atom. The summed E-state index contributed by atoms with van der Waals surface area (Å²) in [6.07, 6.45) is 2.38. The number of fused-ring (bicyclic) bond motifs is 2. The summed E-state index contributed by atoms with van der Waals surface area (Å²) in [5.41, 5.74) is 2.42. The van der Waals surface area contributed by atoms with Crippen LogP contribution in [0.25, 0.3) is 10.9 Å². The maximum atomic E-state index is 13.4. The zero-order valence-electron chi connectivity index (χ0n) is 19.4. The van der Waals surface area contributed by atoms with Crippen LogP contribution in [-0.2, 0) is 26.1 Å². The molecule has 3 aromatic rings. The van der Waals surface area contributed by atoms with Crippen LogP contribution in [0.1, 0.15) is 66.0 Å². The van der Waals surface area contributed by atoms with E-state index < -0.39 is 11.9 Å². The van der Waals surface area contributed by atoms with Gasteiger partial charge in [-0.25, -0.2) is 4.98 Å². The second kappa shape index (κ2) is 9.33. The van der Waals surface area contributed by atoms with E-state index in [9.17, 15) is 18.0 Å². The highest BCUT2D eigenvalue weighted by Crippen LogP contribution is 2.35. The van der Waals surface area contributed by atoms with Crippen molar-refractivity contribution < 1.29 is 18.0 Å². The fraction of sp³-hybridized carbons (Fsp3) is 0.480. The average Bonchev–Trinajstić information content (AvgIpc) is 3.17. The number of aryl methyl sites for hydroxylation is 1. The van der Waals surface area contributed by atoms with Crippen molar-refractivity contribution in [3.05, 3.63) is 51.9 Å². The summed E-state index contributed by atoms with van der Waals surface area (Å²) >= 11 is 6.10. The molecular formula is C25H27ClF3N5O. The number of benzene rings is 1. The summed E-state index contributed by atoms with van der Waals surface area (Å²) in [6, 6.07) is 5.71. The van der Waals surface area contributed by atoms with Gasteiger partial charge in [-0.2, -0.15) is 18.3 Å². The second-order valence-corrected chi connectivity index (χ2v) is 9.92. The van der Waals surface area contributed by atoms with Crippen LogP contribution >= 0.6 is 11.6 Å². The molecule has 1 saturated carbocycles. The van der Waals surface area contributed by atoms with Crippen LogP contribution in [0.15, 0.2) is 24.3 Å². The van der Waals surface area contributed by atoms with Crippen molar-refractivity contribution in [3.8, 4) is 0 Å². The van der Waals surface area contributed by atoms with Gasteiger partial charge in [0.2, 0.25) is 0 Å². The summed E-state index contributed by atoms with van der Waals surface area (Å²) < 4.78 is 42.1.